The number of nitrogens with zero attached hydrogens (tertiary/aromatic N) is 1. The highest BCUT2D eigenvalue weighted by atomic mass is 32.1. The first-order valence-electron chi connectivity index (χ1n) is 5.74. The van der Waals surface area contributed by atoms with Crippen LogP contribution in [0.1, 0.15) is 5.56 Å². The first-order chi connectivity index (χ1) is 9.28. The summed E-state index contributed by atoms with van der Waals surface area (Å²) in [5, 5.41) is 13.1. The lowest BCUT2D eigenvalue weighted by Crippen LogP contribution is -2.00. The Morgan fingerprint density at radius 1 is 1.26 bits per heavy atom. The zero-order valence-electron chi connectivity index (χ0n) is 9.92. The van der Waals surface area contributed by atoms with Crippen LogP contribution in [0.4, 0.5) is 0 Å². The van der Waals surface area contributed by atoms with E-state index in [1.807, 2.05) is 22.9 Å². The van der Waals surface area contributed by atoms with Crippen molar-refractivity contribution in [3.05, 3.63) is 56.9 Å². The van der Waals surface area contributed by atoms with Gasteiger partial charge in [0.25, 0.3) is 0 Å². The van der Waals surface area contributed by atoms with Crippen molar-refractivity contribution in [2.24, 2.45) is 0 Å². The van der Waals surface area contributed by atoms with E-state index in [4.69, 9.17) is 9.68 Å². The van der Waals surface area contributed by atoms with E-state index in [0.717, 1.165) is 11.1 Å². The third kappa shape index (κ3) is 2.16. The lowest BCUT2D eigenvalue weighted by molar-refractivity contribution is 0.619. The van der Waals surface area contributed by atoms with Crippen molar-refractivity contribution in [2.75, 3.05) is 0 Å². The van der Waals surface area contributed by atoms with Crippen molar-refractivity contribution in [3.63, 3.8) is 0 Å². The number of rotatable bonds is 2. The quantitative estimate of drug-likeness (QED) is 0.713. The molecule has 2 aromatic heterocycles. The zero-order chi connectivity index (χ0) is 13.2. The molecule has 0 aliphatic rings. The summed E-state index contributed by atoms with van der Waals surface area (Å²) >= 11 is 1.56. The van der Waals surface area contributed by atoms with Gasteiger partial charge in [0.05, 0.1) is 17.9 Å². The van der Waals surface area contributed by atoms with Crippen LogP contribution in [0, 0.1) is 11.3 Å². The Balaban J connectivity index is 2.21. The number of benzene rings is 1. The second-order valence-corrected chi connectivity index (χ2v) is 4.93. The number of hydrogen-bond acceptors (Lipinski definition) is 4. The minimum Gasteiger partial charge on any atom is -0.456 e. The summed E-state index contributed by atoms with van der Waals surface area (Å²) in [5.74, 6) is 0.576. The van der Waals surface area contributed by atoms with Gasteiger partial charge in [0.15, 0.2) is 5.43 Å². The summed E-state index contributed by atoms with van der Waals surface area (Å²) in [4.78, 5) is 12.1. The molecule has 0 spiro atoms. The topological polar surface area (TPSA) is 54.0 Å². The molecule has 0 bridgehead atoms. The first-order valence-corrected chi connectivity index (χ1v) is 6.68. The van der Waals surface area contributed by atoms with Gasteiger partial charge in [-0.25, -0.2) is 0 Å². The summed E-state index contributed by atoms with van der Waals surface area (Å²) in [7, 11) is 0. The van der Waals surface area contributed by atoms with E-state index in [-0.39, 0.29) is 5.43 Å². The largest absolute Gasteiger partial charge is 0.456 e. The van der Waals surface area contributed by atoms with Gasteiger partial charge in [-0.3, -0.25) is 4.79 Å². The summed E-state index contributed by atoms with van der Waals surface area (Å²) in [6.45, 7) is 0. The molecule has 0 atom stereocenters. The molecule has 0 unspecified atom stereocenters. The van der Waals surface area contributed by atoms with E-state index in [9.17, 15) is 4.79 Å². The van der Waals surface area contributed by atoms with Crippen LogP contribution in [0.15, 0.2) is 50.3 Å². The molecule has 3 nitrogen and oxygen atoms in total. The van der Waals surface area contributed by atoms with E-state index in [0.29, 0.717) is 23.2 Å². The third-order valence-electron chi connectivity index (χ3n) is 2.88. The first kappa shape index (κ1) is 11.7. The van der Waals surface area contributed by atoms with Crippen molar-refractivity contribution >= 4 is 22.3 Å². The molecule has 0 saturated heterocycles. The van der Waals surface area contributed by atoms with Crippen molar-refractivity contribution in [2.45, 2.75) is 6.42 Å². The summed E-state index contributed by atoms with van der Waals surface area (Å²) in [6, 6.07) is 10.8. The zero-order valence-corrected chi connectivity index (χ0v) is 10.7. The Bertz CT molecular complexity index is 825. The molecule has 0 fully saturated rings. The number of nitriles is 1. The van der Waals surface area contributed by atoms with Crippen LogP contribution in [0.2, 0.25) is 0 Å². The average Bonchev–Trinajstić information content (AvgIpc) is 2.93. The molecular formula is C15H9NO2S. The predicted molar refractivity (Wildman–Crippen MR) is 75.1 cm³/mol. The van der Waals surface area contributed by atoms with Crippen molar-refractivity contribution in [1.29, 1.82) is 5.26 Å². The molecular weight excluding hydrogens is 258 g/mol. The second kappa shape index (κ2) is 4.71. The Kier molecular flexibility index (Phi) is 2.90. The highest BCUT2D eigenvalue weighted by Gasteiger charge is 2.07. The molecule has 0 saturated carbocycles. The standard InChI is InChI=1S/C15H9NO2S/c16-5-3-10-1-2-14-12(7-10)13(17)8-15(18-14)11-4-6-19-9-11/h1-2,4,6-9H,3H2. The van der Waals surface area contributed by atoms with Gasteiger partial charge >= 0.3 is 0 Å². The van der Waals surface area contributed by atoms with Crippen LogP contribution in [0.3, 0.4) is 0 Å². The smallest absolute Gasteiger partial charge is 0.193 e. The van der Waals surface area contributed by atoms with Crippen LogP contribution in [-0.4, -0.2) is 0 Å². The molecule has 0 radical (unpaired) electrons. The molecule has 0 aliphatic heterocycles. The highest BCUT2D eigenvalue weighted by molar-refractivity contribution is 7.08. The lowest BCUT2D eigenvalue weighted by Gasteiger charge is -2.02. The number of fused-ring (bicyclic) bond motifs is 1. The maximum absolute atomic E-state index is 12.1. The Morgan fingerprint density at radius 2 is 2.16 bits per heavy atom. The highest BCUT2D eigenvalue weighted by Crippen LogP contribution is 2.24. The molecule has 3 rings (SSSR count). The summed E-state index contributed by atoms with van der Waals surface area (Å²) in [6.07, 6.45) is 0.293. The van der Waals surface area contributed by atoms with Gasteiger partial charge in [-0.1, -0.05) is 6.07 Å². The van der Waals surface area contributed by atoms with Crippen LogP contribution in [-0.2, 0) is 6.42 Å². The molecule has 2 heterocycles. The van der Waals surface area contributed by atoms with Gasteiger partial charge in [0.1, 0.15) is 11.3 Å². The molecule has 0 N–H and O–H groups in total. The second-order valence-electron chi connectivity index (χ2n) is 4.15. The monoisotopic (exact) mass is 267 g/mol. The van der Waals surface area contributed by atoms with Crippen LogP contribution < -0.4 is 5.43 Å². The van der Waals surface area contributed by atoms with Gasteiger partial charge in [0, 0.05) is 17.0 Å². The molecule has 4 heteroatoms. The SMILES string of the molecule is N#CCc1ccc2oc(-c3ccsc3)cc(=O)c2c1. The summed E-state index contributed by atoms with van der Waals surface area (Å²) < 4.78 is 5.74. The fraction of sp³-hybridized carbons (Fsp3) is 0.0667. The molecule has 3 aromatic rings. The molecule has 0 amide bonds. The van der Waals surface area contributed by atoms with Crippen molar-refractivity contribution in [3.8, 4) is 17.4 Å². The van der Waals surface area contributed by atoms with Crippen LogP contribution in [0.25, 0.3) is 22.3 Å². The van der Waals surface area contributed by atoms with Gasteiger partial charge < -0.3 is 4.42 Å². The molecule has 0 aliphatic carbocycles. The van der Waals surface area contributed by atoms with Crippen molar-refractivity contribution < 1.29 is 4.42 Å². The predicted octanol–water partition coefficient (Wildman–Crippen LogP) is 3.59. The van der Waals surface area contributed by atoms with E-state index in [1.54, 1.807) is 23.5 Å². The minimum atomic E-state index is -0.0813. The Morgan fingerprint density at radius 3 is 2.89 bits per heavy atom. The molecule has 19 heavy (non-hydrogen) atoms. The fourth-order valence-electron chi connectivity index (χ4n) is 1.95. The Labute approximate surface area is 113 Å². The maximum atomic E-state index is 12.1. The van der Waals surface area contributed by atoms with Gasteiger partial charge in [0.2, 0.25) is 0 Å². The van der Waals surface area contributed by atoms with Gasteiger partial charge in [-0.05, 0) is 29.1 Å². The molecule has 92 valence electrons. The van der Waals surface area contributed by atoms with E-state index in [2.05, 4.69) is 6.07 Å². The Hall–Kier alpha value is -2.38. The van der Waals surface area contributed by atoms with Crippen molar-refractivity contribution in [1.82, 2.24) is 0 Å². The van der Waals surface area contributed by atoms with Crippen LogP contribution in [0.5, 0.6) is 0 Å². The number of thiophene rings is 1. The summed E-state index contributed by atoms with van der Waals surface area (Å²) in [5.41, 5.74) is 2.20. The normalized spacial score (nSPS) is 10.5. The van der Waals surface area contributed by atoms with E-state index in [1.165, 1.54) is 6.07 Å². The maximum Gasteiger partial charge on any atom is 0.193 e. The third-order valence-corrected chi connectivity index (χ3v) is 3.56. The fourth-order valence-corrected chi connectivity index (χ4v) is 2.60. The lowest BCUT2D eigenvalue weighted by atomic mass is 10.1. The average molecular weight is 267 g/mol. The molecule has 1 aromatic carbocycles. The minimum absolute atomic E-state index is 0.0813. The van der Waals surface area contributed by atoms with Gasteiger partial charge in [-0.2, -0.15) is 16.6 Å². The van der Waals surface area contributed by atoms with Gasteiger partial charge in [-0.15, -0.1) is 0 Å². The van der Waals surface area contributed by atoms with Crippen LogP contribution >= 0.6 is 11.3 Å². The number of hydrogen-bond donors (Lipinski definition) is 0. The van der Waals surface area contributed by atoms with E-state index >= 15 is 0 Å². The van der Waals surface area contributed by atoms with E-state index < -0.39 is 0 Å².